The number of ether oxygens (including phenoxy) is 1. The quantitative estimate of drug-likeness (QED) is 0.788. The standard InChI is InChI=1S/C22H30N2O3/c1-2-15-27-22(25)24-13-8-19(9-14-24)23-11-6-17(7-12-23)20-5-3-4-18-10-16-26-21(18)20/h3-5,10,16-17,19H,2,6-9,11-15H2,1H3. The van der Waals surface area contributed by atoms with E-state index >= 15 is 0 Å². The molecule has 5 nitrogen and oxygen atoms in total. The summed E-state index contributed by atoms with van der Waals surface area (Å²) in [5.41, 5.74) is 2.43. The maximum Gasteiger partial charge on any atom is 0.409 e. The average molecular weight is 370 g/mol. The second-order valence-electron chi connectivity index (χ2n) is 7.83. The van der Waals surface area contributed by atoms with Gasteiger partial charge in [0, 0.05) is 24.5 Å². The van der Waals surface area contributed by atoms with Gasteiger partial charge in [0.1, 0.15) is 5.58 Å². The van der Waals surface area contributed by atoms with Crippen LogP contribution in [0.5, 0.6) is 0 Å². The van der Waals surface area contributed by atoms with Crippen LogP contribution in [-0.4, -0.2) is 54.7 Å². The lowest BCUT2D eigenvalue weighted by molar-refractivity contribution is 0.0641. The summed E-state index contributed by atoms with van der Waals surface area (Å²) in [6.45, 7) is 6.45. The van der Waals surface area contributed by atoms with Gasteiger partial charge in [-0.1, -0.05) is 25.1 Å². The zero-order valence-electron chi connectivity index (χ0n) is 16.2. The number of nitrogens with zero attached hydrogens (tertiary/aromatic N) is 2. The number of hydrogen-bond acceptors (Lipinski definition) is 4. The molecule has 0 bridgehead atoms. The van der Waals surface area contributed by atoms with Crippen LogP contribution >= 0.6 is 0 Å². The Hall–Kier alpha value is -2.01. The zero-order valence-corrected chi connectivity index (χ0v) is 16.2. The van der Waals surface area contributed by atoms with Crippen LogP contribution in [0.1, 0.15) is 50.5 Å². The van der Waals surface area contributed by atoms with Crippen LogP contribution in [0.3, 0.4) is 0 Å². The Bertz CT molecular complexity index is 756. The van der Waals surface area contributed by atoms with E-state index in [9.17, 15) is 4.79 Å². The molecule has 2 aliphatic rings. The third kappa shape index (κ3) is 3.98. The van der Waals surface area contributed by atoms with Crippen molar-refractivity contribution in [2.24, 2.45) is 0 Å². The molecule has 146 valence electrons. The second-order valence-corrected chi connectivity index (χ2v) is 7.83. The number of furan rings is 1. The molecule has 0 spiro atoms. The lowest BCUT2D eigenvalue weighted by atomic mass is 9.87. The van der Waals surface area contributed by atoms with E-state index in [2.05, 4.69) is 23.1 Å². The minimum atomic E-state index is -0.138. The molecular formula is C22H30N2O3. The number of amides is 1. The molecule has 2 saturated heterocycles. The van der Waals surface area contributed by atoms with Gasteiger partial charge in [0.05, 0.1) is 12.9 Å². The highest BCUT2D eigenvalue weighted by Gasteiger charge is 2.31. The molecule has 0 atom stereocenters. The monoisotopic (exact) mass is 370 g/mol. The highest BCUT2D eigenvalue weighted by molar-refractivity contribution is 5.80. The highest BCUT2D eigenvalue weighted by Crippen LogP contribution is 2.34. The van der Waals surface area contributed by atoms with E-state index in [0.717, 1.165) is 51.0 Å². The van der Waals surface area contributed by atoms with E-state index in [1.165, 1.54) is 23.8 Å². The zero-order chi connectivity index (χ0) is 18.6. The van der Waals surface area contributed by atoms with Gasteiger partial charge < -0.3 is 19.0 Å². The fourth-order valence-corrected chi connectivity index (χ4v) is 4.61. The Morgan fingerprint density at radius 2 is 1.89 bits per heavy atom. The first-order valence-corrected chi connectivity index (χ1v) is 10.4. The van der Waals surface area contributed by atoms with E-state index < -0.39 is 0 Å². The summed E-state index contributed by atoms with van der Waals surface area (Å²) >= 11 is 0. The second kappa shape index (κ2) is 8.34. The van der Waals surface area contributed by atoms with E-state index in [1.54, 1.807) is 6.26 Å². The maximum absolute atomic E-state index is 12.0. The van der Waals surface area contributed by atoms with Crippen molar-refractivity contribution in [3.63, 3.8) is 0 Å². The van der Waals surface area contributed by atoms with Gasteiger partial charge >= 0.3 is 6.09 Å². The molecule has 1 aromatic carbocycles. The number of hydrogen-bond donors (Lipinski definition) is 0. The first-order valence-electron chi connectivity index (χ1n) is 10.4. The summed E-state index contributed by atoms with van der Waals surface area (Å²) in [7, 11) is 0. The molecule has 2 fully saturated rings. The molecule has 2 aromatic rings. The van der Waals surface area contributed by atoms with Crippen molar-refractivity contribution in [3.8, 4) is 0 Å². The Morgan fingerprint density at radius 1 is 1.11 bits per heavy atom. The lowest BCUT2D eigenvalue weighted by Gasteiger charge is -2.41. The van der Waals surface area contributed by atoms with Crippen molar-refractivity contribution in [1.29, 1.82) is 0 Å². The average Bonchev–Trinajstić information content (AvgIpc) is 3.21. The van der Waals surface area contributed by atoms with Gasteiger partial charge in [-0.25, -0.2) is 4.79 Å². The summed E-state index contributed by atoms with van der Waals surface area (Å²) in [5, 5.41) is 1.21. The summed E-state index contributed by atoms with van der Waals surface area (Å²) in [5.74, 6) is 0.584. The number of benzene rings is 1. The van der Waals surface area contributed by atoms with Gasteiger partial charge in [0.2, 0.25) is 0 Å². The molecule has 2 aliphatic heterocycles. The number of carbonyl (C=O) groups excluding carboxylic acids is 1. The van der Waals surface area contributed by atoms with Crippen LogP contribution in [0.2, 0.25) is 0 Å². The fourth-order valence-electron chi connectivity index (χ4n) is 4.61. The normalized spacial score (nSPS) is 20.3. The van der Waals surface area contributed by atoms with Crippen molar-refractivity contribution < 1.29 is 13.9 Å². The molecule has 1 amide bonds. The fraction of sp³-hybridized carbons (Fsp3) is 0.591. The smallest absolute Gasteiger partial charge is 0.409 e. The molecule has 0 radical (unpaired) electrons. The minimum Gasteiger partial charge on any atom is -0.464 e. The first-order chi connectivity index (χ1) is 13.3. The van der Waals surface area contributed by atoms with Gasteiger partial charge in [0.15, 0.2) is 0 Å². The third-order valence-corrected chi connectivity index (χ3v) is 6.15. The molecule has 0 saturated carbocycles. The van der Waals surface area contributed by atoms with Crippen LogP contribution in [0.25, 0.3) is 11.0 Å². The topological polar surface area (TPSA) is 45.9 Å². The van der Waals surface area contributed by atoms with Gasteiger partial charge in [-0.3, -0.25) is 0 Å². The van der Waals surface area contributed by atoms with Crippen LogP contribution < -0.4 is 0 Å². The van der Waals surface area contributed by atoms with E-state index in [-0.39, 0.29) is 6.09 Å². The van der Waals surface area contributed by atoms with Crippen LogP contribution in [0.15, 0.2) is 34.9 Å². The van der Waals surface area contributed by atoms with Crippen LogP contribution in [-0.2, 0) is 4.74 Å². The maximum atomic E-state index is 12.0. The van der Waals surface area contributed by atoms with Crippen molar-refractivity contribution >= 4 is 17.1 Å². The van der Waals surface area contributed by atoms with Gasteiger partial charge in [-0.15, -0.1) is 0 Å². The Balaban J connectivity index is 1.29. The molecule has 4 rings (SSSR count). The third-order valence-electron chi connectivity index (χ3n) is 6.15. The van der Waals surface area contributed by atoms with Crippen molar-refractivity contribution in [2.75, 3.05) is 32.8 Å². The summed E-state index contributed by atoms with van der Waals surface area (Å²) in [6, 6.07) is 9.14. The number of carbonyl (C=O) groups is 1. The van der Waals surface area contributed by atoms with Gasteiger partial charge in [-0.2, -0.15) is 0 Å². The summed E-state index contributed by atoms with van der Waals surface area (Å²) in [6.07, 6.45) is 7.00. The SMILES string of the molecule is CCCOC(=O)N1CCC(N2CCC(c3cccc4ccoc34)CC2)CC1. The molecule has 5 heteroatoms. The number of rotatable bonds is 4. The van der Waals surface area contributed by atoms with Crippen LogP contribution in [0.4, 0.5) is 4.79 Å². The van der Waals surface area contributed by atoms with E-state index in [4.69, 9.17) is 9.15 Å². The highest BCUT2D eigenvalue weighted by atomic mass is 16.6. The Morgan fingerprint density at radius 3 is 2.63 bits per heavy atom. The van der Waals surface area contributed by atoms with Gasteiger partial charge in [0.25, 0.3) is 0 Å². The molecule has 3 heterocycles. The number of likely N-dealkylation sites (tertiary alicyclic amines) is 2. The first kappa shape index (κ1) is 18.4. The van der Waals surface area contributed by atoms with Crippen molar-refractivity contribution in [2.45, 2.75) is 51.0 Å². The summed E-state index contributed by atoms with van der Waals surface area (Å²) < 4.78 is 11.0. The predicted octanol–water partition coefficient (Wildman–Crippen LogP) is 4.62. The van der Waals surface area contributed by atoms with E-state index in [1.807, 2.05) is 17.9 Å². The predicted molar refractivity (Wildman–Crippen MR) is 106 cm³/mol. The van der Waals surface area contributed by atoms with Crippen molar-refractivity contribution in [1.82, 2.24) is 9.80 Å². The van der Waals surface area contributed by atoms with Gasteiger partial charge in [-0.05, 0) is 62.7 Å². The van der Waals surface area contributed by atoms with Crippen molar-refractivity contribution in [3.05, 3.63) is 36.1 Å². The lowest BCUT2D eigenvalue weighted by Crippen LogP contribution is -2.49. The summed E-state index contributed by atoms with van der Waals surface area (Å²) in [4.78, 5) is 16.5. The Labute approximate surface area is 161 Å². The number of fused-ring (bicyclic) bond motifs is 1. The Kier molecular flexibility index (Phi) is 5.67. The molecule has 0 unspecified atom stereocenters. The minimum absolute atomic E-state index is 0.138. The van der Waals surface area contributed by atoms with Crippen LogP contribution in [0, 0.1) is 0 Å². The number of piperidine rings is 2. The molecule has 27 heavy (non-hydrogen) atoms. The largest absolute Gasteiger partial charge is 0.464 e. The number of para-hydroxylation sites is 1. The molecule has 0 N–H and O–H groups in total. The molecule has 1 aromatic heterocycles. The molecular weight excluding hydrogens is 340 g/mol. The van der Waals surface area contributed by atoms with E-state index in [0.29, 0.717) is 18.6 Å². The molecule has 0 aliphatic carbocycles.